The number of aromatic nitrogens is 3. The lowest BCUT2D eigenvalue weighted by molar-refractivity contribution is 0.0774. The van der Waals surface area contributed by atoms with Crippen molar-refractivity contribution < 1.29 is 9.21 Å². The van der Waals surface area contributed by atoms with Crippen molar-refractivity contribution in [1.29, 1.82) is 0 Å². The number of carbonyl (C=O) groups excluding carboxylic acids is 1. The molecule has 0 bridgehead atoms. The van der Waals surface area contributed by atoms with Gasteiger partial charge >= 0.3 is 0 Å². The second-order valence-corrected chi connectivity index (χ2v) is 7.28. The summed E-state index contributed by atoms with van der Waals surface area (Å²) in [6.07, 6.45) is 2.54. The van der Waals surface area contributed by atoms with Crippen LogP contribution in [0.1, 0.15) is 28.6 Å². The van der Waals surface area contributed by atoms with Crippen LogP contribution < -0.4 is 5.73 Å². The molecule has 1 aliphatic heterocycles. The second-order valence-electron chi connectivity index (χ2n) is 7.28. The highest BCUT2D eigenvalue weighted by atomic mass is 16.4. The average molecular weight is 392 g/mol. The van der Waals surface area contributed by atoms with E-state index in [1.54, 1.807) is 19.2 Å². The molecule has 4 rings (SSSR count). The molecule has 150 valence electrons. The van der Waals surface area contributed by atoms with Crippen molar-refractivity contribution >= 4 is 11.7 Å². The maximum atomic E-state index is 13.2. The number of oxazole rings is 1. The SMILES string of the molecule is Cc1nc(C(=O)N2CCC(N(C)Cc3nccc(N)n3)C2)c(-c2ccccc2)o1. The first kappa shape index (κ1) is 19.1. The van der Waals surface area contributed by atoms with Gasteiger partial charge in [-0.25, -0.2) is 15.0 Å². The highest BCUT2D eigenvalue weighted by molar-refractivity contribution is 5.97. The van der Waals surface area contributed by atoms with Crippen LogP contribution in [0.25, 0.3) is 11.3 Å². The monoisotopic (exact) mass is 392 g/mol. The van der Waals surface area contributed by atoms with Gasteiger partial charge in [0.25, 0.3) is 5.91 Å². The van der Waals surface area contributed by atoms with Crippen LogP contribution in [0.5, 0.6) is 0 Å². The van der Waals surface area contributed by atoms with Gasteiger partial charge < -0.3 is 15.1 Å². The first-order valence-electron chi connectivity index (χ1n) is 9.61. The predicted octanol–water partition coefficient (Wildman–Crippen LogP) is 2.37. The third kappa shape index (κ3) is 4.12. The number of nitrogens with two attached hydrogens (primary N) is 1. The molecule has 29 heavy (non-hydrogen) atoms. The van der Waals surface area contributed by atoms with Crippen LogP contribution >= 0.6 is 0 Å². The zero-order valence-electron chi connectivity index (χ0n) is 16.6. The van der Waals surface area contributed by atoms with Crippen LogP contribution in [0.3, 0.4) is 0 Å². The van der Waals surface area contributed by atoms with Crippen molar-refractivity contribution in [2.24, 2.45) is 0 Å². The summed E-state index contributed by atoms with van der Waals surface area (Å²) >= 11 is 0. The van der Waals surface area contributed by atoms with E-state index in [2.05, 4.69) is 19.9 Å². The van der Waals surface area contributed by atoms with E-state index in [9.17, 15) is 4.79 Å². The lowest BCUT2D eigenvalue weighted by atomic mass is 10.1. The Bertz CT molecular complexity index is 1000. The summed E-state index contributed by atoms with van der Waals surface area (Å²) in [5.41, 5.74) is 6.96. The molecule has 3 aromatic rings. The number of amides is 1. The van der Waals surface area contributed by atoms with Gasteiger partial charge in [0.15, 0.2) is 17.3 Å². The number of nitrogens with zero attached hydrogens (tertiary/aromatic N) is 5. The number of hydrogen-bond donors (Lipinski definition) is 1. The first-order chi connectivity index (χ1) is 14.0. The van der Waals surface area contributed by atoms with Crippen LogP contribution in [0.2, 0.25) is 0 Å². The topological polar surface area (TPSA) is 101 Å². The lowest BCUT2D eigenvalue weighted by Gasteiger charge is -2.23. The summed E-state index contributed by atoms with van der Waals surface area (Å²) in [5.74, 6) is 2.05. The Morgan fingerprint density at radius 2 is 2.07 bits per heavy atom. The van der Waals surface area contributed by atoms with E-state index < -0.39 is 0 Å². The number of nitrogen functional groups attached to an aromatic ring is 1. The van der Waals surface area contributed by atoms with E-state index >= 15 is 0 Å². The van der Waals surface area contributed by atoms with Crippen molar-refractivity contribution in [2.45, 2.75) is 25.9 Å². The molecule has 0 radical (unpaired) electrons. The number of carbonyl (C=O) groups is 1. The van der Waals surface area contributed by atoms with Crippen LogP contribution in [0, 0.1) is 6.92 Å². The van der Waals surface area contributed by atoms with Crippen molar-refractivity contribution in [1.82, 2.24) is 24.8 Å². The number of benzene rings is 1. The maximum absolute atomic E-state index is 13.2. The normalized spacial score (nSPS) is 16.5. The van der Waals surface area contributed by atoms with Crippen LogP contribution in [0.4, 0.5) is 5.82 Å². The van der Waals surface area contributed by atoms with E-state index in [4.69, 9.17) is 10.2 Å². The zero-order chi connectivity index (χ0) is 20.4. The second kappa shape index (κ2) is 8.00. The number of aryl methyl sites for hydroxylation is 1. The largest absolute Gasteiger partial charge is 0.440 e. The fourth-order valence-corrected chi connectivity index (χ4v) is 3.64. The summed E-state index contributed by atoms with van der Waals surface area (Å²) in [6, 6.07) is 11.5. The third-order valence-corrected chi connectivity index (χ3v) is 5.16. The molecule has 1 fully saturated rings. The molecule has 1 aliphatic rings. The minimum absolute atomic E-state index is 0.100. The molecule has 8 heteroatoms. The smallest absolute Gasteiger partial charge is 0.276 e. The van der Waals surface area contributed by atoms with E-state index in [1.807, 2.05) is 42.3 Å². The van der Waals surface area contributed by atoms with E-state index in [-0.39, 0.29) is 11.9 Å². The van der Waals surface area contributed by atoms with E-state index in [1.165, 1.54) is 0 Å². The molecule has 8 nitrogen and oxygen atoms in total. The molecular weight excluding hydrogens is 368 g/mol. The lowest BCUT2D eigenvalue weighted by Crippen LogP contribution is -2.36. The number of rotatable bonds is 5. The average Bonchev–Trinajstić information content (AvgIpc) is 3.35. The highest BCUT2D eigenvalue weighted by Gasteiger charge is 2.32. The quantitative estimate of drug-likeness (QED) is 0.711. The molecule has 0 spiro atoms. The van der Waals surface area contributed by atoms with Crippen molar-refractivity contribution in [3.8, 4) is 11.3 Å². The van der Waals surface area contributed by atoms with Gasteiger partial charge in [-0.1, -0.05) is 30.3 Å². The molecule has 1 atom stereocenters. The van der Waals surface area contributed by atoms with Crippen LogP contribution in [-0.2, 0) is 6.54 Å². The van der Waals surface area contributed by atoms with Crippen molar-refractivity contribution in [2.75, 3.05) is 25.9 Å². The highest BCUT2D eigenvalue weighted by Crippen LogP contribution is 2.27. The molecule has 0 aliphatic carbocycles. The Morgan fingerprint density at radius 1 is 1.28 bits per heavy atom. The van der Waals surface area contributed by atoms with Gasteiger partial charge in [0.1, 0.15) is 11.6 Å². The number of hydrogen-bond acceptors (Lipinski definition) is 7. The Kier molecular flexibility index (Phi) is 5.26. The molecule has 1 unspecified atom stereocenters. The van der Waals surface area contributed by atoms with Gasteiger partial charge in [0.05, 0.1) is 6.54 Å². The fourth-order valence-electron chi connectivity index (χ4n) is 3.64. The summed E-state index contributed by atoms with van der Waals surface area (Å²) in [7, 11) is 2.01. The number of anilines is 1. The summed E-state index contributed by atoms with van der Waals surface area (Å²) in [6.45, 7) is 3.63. The van der Waals surface area contributed by atoms with Crippen LogP contribution in [0.15, 0.2) is 47.0 Å². The number of likely N-dealkylation sites (tertiary alicyclic amines) is 1. The molecule has 2 aromatic heterocycles. The summed E-state index contributed by atoms with van der Waals surface area (Å²) in [4.78, 5) is 30.1. The Labute approximate surface area is 169 Å². The standard InChI is InChI=1S/C21H24N6O2/c1-14-24-19(20(29-14)15-6-4-3-5-7-15)21(28)27-11-9-16(12-27)26(2)13-18-23-10-8-17(22)25-18/h3-8,10,16H,9,11-13H2,1-2H3,(H2,22,23,25). The van der Waals surface area contributed by atoms with Crippen LogP contribution in [-0.4, -0.2) is 56.8 Å². The van der Waals surface area contributed by atoms with E-state index in [0.29, 0.717) is 48.6 Å². The minimum atomic E-state index is -0.100. The third-order valence-electron chi connectivity index (χ3n) is 5.16. The van der Waals surface area contributed by atoms with Crippen molar-refractivity contribution in [3.63, 3.8) is 0 Å². The first-order valence-corrected chi connectivity index (χ1v) is 9.61. The summed E-state index contributed by atoms with van der Waals surface area (Å²) < 4.78 is 5.75. The van der Waals surface area contributed by atoms with Gasteiger partial charge in [-0.3, -0.25) is 9.69 Å². The molecule has 0 saturated carbocycles. The molecular formula is C21H24N6O2. The zero-order valence-corrected chi connectivity index (χ0v) is 16.6. The van der Waals surface area contributed by atoms with Gasteiger partial charge in [0.2, 0.25) is 0 Å². The molecule has 1 saturated heterocycles. The predicted molar refractivity (Wildman–Crippen MR) is 109 cm³/mol. The Morgan fingerprint density at radius 3 is 2.83 bits per heavy atom. The Balaban J connectivity index is 1.46. The summed E-state index contributed by atoms with van der Waals surface area (Å²) in [5, 5.41) is 0. The van der Waals surface area contributed by atoms with Gasteiger partial charge in [-0.15, -0.1) is 0 Å². The fraction of sp³-hybridized carbons (Fsp3) is 0.333. The molecule has 1 aromatic carbocycles. The van der Waals surface area contributed by atoms with Crippen molar-refractivity contribution in [3.05, 3.63) is 60.0 Å². The minimum Gasteiger partial charge on any atom is -0.440 e. The van der Waals surface area contributed by atoms with Gasteiger partial charge in [0, 0.05) is 37.8 Å². The molecule has 2 N–H and O–H groups in total. The van der Waals surface area contributed by atoms with E-state index in [0.717, 1.165) is 12.0 Å². The molecule has 1 amide bonds. The maximum Gasteiger partial charge on any atom is 0.276 e. The Hall–Kier alpha value is -3.26. The van der Waals surface area contributed by atoms with Gasteiger partial charge in [-0.2, -0.15) is 0 Å². The number of likely N-dealkylation sites (N-methyl/N-ethyl adjacent to an activating group) is 1. The molecule has 3 heterocycles. The van der Waals surface area contributed by atoms with Gasteiger partial charge in [-0.05, 0) is 19.5 Å².